The number of nitrogens with zero attached hydrogens (tertiary/aromatic N) is 1. The quantitative estimate of drug-likeness (QED) is 0.737. The normalized spacial score (nSPS) is 19.6. The Morgan fingerprint density at radius 1 is 1.41 bits per heavy atom. The van der Waals surface area contributed by atoms with Crippen LogP contribution in [-0.2, 0) is 6.42 Å². The van der Waals surface area contributed by atoms with Gasteiger partial charge in [-0.2, -0.15) is 0 Å². The van der Waals surface area contributed by atoms with Crippen molar-refractivity contribution < 1.29 is 10.2 Å². The van der Waals surface area contributed by atoms with Gasteiger partial charge in [-0.05, 0) is 31.4 Å². The standard InChI is InChI=1S/C12H20N2O2S/c13-9(8-15)7-11-1-2-12(17-11)14-5-3-10(16)4-6-14/h1-2,9-10,15-16H,3-8,13H2. The Morgan fingerprint density at radius 3 is 2.76 bits per heavy atom. The second-order valence-corrected chi connectivity index (χ2v) is 5.75. The van der Waals surface area contributed by atoms with Crippen LogP contribution in [0.15, 0.2) is 12.1 Å². The van der Waals surface area contributed by atoms with E-state index in [1.807, 2.05) is 0 Å². The smallest absolute Gasteiger partial charge is 0.0911 e. The SMILES string of the molecule is NC(CO)Cc1ccc(N2CCC(O)CC2)s1. The van der Waals surface area contributed by atoms with Gasteiger partial charge in [-0.25, -0.2) is 0 Å². The molecule has 1 atom stereocenters. The molecule has 4 N–H and O–H groups in total. The predicted octanol–water partition coefficient (Wildman–Crippen LogP) is 0.571. The van der Waals surface area contributed by atoms with Crippen LogP contribution >= 0.6 is 11.3 Å². The summed E-state index contributed by atoms with van der Waals surface area (Å²) in [6, 6.07) is 4.03. The average Bonchev–Trinajstić information content (AvgIpc) is 2.78. The second kappa shape index (κ2) is 5.82. The van der Waals surface area contributed by atoms with Crippen molar-refractivity contribution in [3.05, 3.63) is 17.0 Å². The fourth-order valence-electron chi connectivity index (χ4n) is 2.06. The molecular formula is C12H20N2O2S. The van der Waals surface area contributed by atoms with Gasteiger partial charge in [-0.15, -0.1) is 11.3 Å². The van der Waals surface area contributed by atoms with E-state index in [2.05, 4.69) is 17.0 Å². The van der Waals surface area contributed by atoms with Gasteiger partial charge in [-0.1, -0.05) is 0 Å². The van der Waals surface area contributed by atoms with Crippen molar-refractivity contribution in [1.82, 2.24) is 0 Å². The lowest BCUT2D eigenvalue weighted by molar-refractivity contribution is 0.145. The molecule has 0 radical (unpaired) electrons. The van der Waals surface area contributed by atoms with Crippen molar-refractivity contribution >= 4 is 16.3 Å². The molecule has 5 heteroatoms. The second-order valence-electron chi connectivity index (χ2n) is 4.60. The van der Waals surface area contributed by atoms with Crippen LogP contribution in [0.4, 0.5) is 5.00 Å². The van der Waals surface area contributed by atoms with Gasteiger partial charge in [0, 0.05) is 24.0 Å². The molecule has 0 amide bonds. The highest BCUT2D eigenvalue weighted by Gasteiger charge is 2.18. The van der Waals surface area contributed by atoms with Crippen LogP contribution in [-0.4, -0.2) is 42.1 Å². The van der Waals surface area contributed by atoms with Gasteiger partial charge in [0.05, 0.1) is 17.7 Å². The third-order valence-electron chi connectivity index (χ3n) is 3.12. The molecule has 0 aromatic carbocycles. The first-order chi connectivity index (χ1) is 8.19. The monoisotopic (exact) mass is 256 g/mol. The summed E-state index contributed by atoms with van der Waals surface area (Å²) >= 11 is 1.74. The number of anilines is 1. The first kappa shape index (κ1) is 12.8. The molecule has 1 aromatic heterocycles. The zero-order valence-corrected chi connectivity index (χ0v) is 10.7. The van der Waals surface area contributed by atoms with Crippen LogP contribution in [0, 0.1) is 0 Å². The van der Waals surface area contributed by atoms with Gasteiger partial charge >= 0.3 is 0 Å². The van der Waals surface area contributed by atoms with E-state index in [0.717, 1.165) is 32.4 Å². The molecule has 1 aliphatic heterocycles. The molecule has 1 unspecified atom stereocenters. The molecule has 0 spiro atoms. The lowest BCUT2D eigenvalue weighted by Crippen LogP contribution is -2.35. The molecule has 4 nitrogen and oxygen atoms in total. The summed E-state index contributed by atoms with van der Waals surface area (Å²) in [4.78, 5) is 3.53. The van der Waals surface area contributed by atoms with Crippen LogP contribution < -0.4 is 10.6 Å². The summed E-state index contributed by atoms with van der Waals surface area (Å²) in [5.41, 5.74) is 5.72. The maximum absolute atomic E-state index is 9.46. The number of hydrogen-bond acceptors (Lipinski definition) is 5. The van der Waals surface area contributed by atoms with Crippen LogP contribution in [0.25, 0.3) is 0 Å². The highest BCUT2D eigenvalue weighted by Crippen LogP contribution is 2.29. The van der Waals surface area contributed by atoms with E-state index >= 15 is 0 Å². The summed E-state index contributed by atoms with van der Waals surface area (Å²) in [6.45, 7) is 1.88. The Hall–Kier alpha value is -0.620. The number of hydrogen-bond donors (Lipinski definition) is 3. The van der Waals surface area contributed by atoms with Gasteiger partial charge in [-0.3, -0.25) is 0 Å². The minimum absolute atomic E-state index is 0.0309. The van der Waals surface area contributed by atoms with Gasteiger partial charge in [0.2, 0.25) is 0 Å². The third-order valence-corrected chi connectivity index (χ3v) is 4.29. The molecule has 2 heterocycles. The molecular weight excluding hydrogens is 236 g/mol. The molecule has 1 aromatic rings. The Morgan fingerprint density at radius 2 is 2.12 bits per heavy atom. The average molecular weight is 256 g/mol. The van der Waals surface area contributed by atoms with Gasteiger partial charge in [0.1, 0.15) is 0 Å². The molecule has 96 valence electrons. The van der Waals surface area contributed by atoms with Crippen molar-refractivity contribution in [1.29, 1.82) is 0 Å². The lowest BCUT2D eigenvalue weighted by atomic mass is 10.1. The Balaban J connectivity index is 1.93. The van der Waals surface area contributed by atoms with Crippen LogP contribution in [0.5, 0.6) is 0 Å². The molecule has 0 aliphatic carbocycles. The summed E-state index contributed by atoms with van der Waals surface area (Å²) in [5.74, 6) is 0. The minimum Gasteiger partial charge on any atom is -0.395 e. The Kier molecular flexibility index (Phi) is 4.39. The zero-order valence-electron chi connectivity index (χ0n) is 9.88. The highest BCUT2D eigenvalue weighted by molar-refractivity contribution is 7.16. The Labute approximate surface area is 106 Å². The summed E-state index contributed by atoms with van der Waals surface area (Å²) in [6.07, 6.45) is 2.30. The van der Waals surface area contributed by atoms with E-state index in [1.165, 1.54) is 9.88 Å². The zero-order chi connectivity index (χ0) is 12.3. The molecule has 1 saturated heterocycles. The molecule has 2 rings (SSSR count). The number of rotatable bonds is 4. The maximum atomic E-state index is 9.46. The Bertz CT molecular complexity index is 348. The number of aliphatic hydroxyl groups is 2. The van der Waals surface area contributed by atoms with Gasteiger partial charge in [0.25, 0.3) is 0 Å². The van der Waals surface area contributed by atoms with Crippen LogP contribution in [0.3, 0.4) is 0 Å². The van der Waals surface area contributed by atoms with Crippen molar-refractivity contribution in [2.45, 2.75) is 31.4 Å². The largest absolute Gasteiger partial charge is 0.395 e. The fourth-order valence-corrected chi connectivity index (χ4v) is 3.21. The number of piperidine rings is 1. The lowest BCUT2D eigenvalue weighted by Gasteiger charge is -2.30. The van der Waals surface area contributed by atoms with E-state index < -0.39 is 0 Å². The summed E-state index contributed by atoms with van der Waals surface area (Å²) in [7, 11) is 0. The topological polar surface area (TPSA) is 69.7 Å². The summed E-state index contributed by atoms with van der Waals surface area (Å²) in [5, 5.41) is 19.6. The minimum atomic E-state index is -0.162. The predicted molar refractivity (Wildman–Crippen MR) is 70.5 cm³/mol. The molecule has 0 saturated carbocycles. The van der Waals surface area contributed by atoms with E-state index in [9.17, 15) is 5.11 Å². The molecule has 1 aliphatic rings. The first-order valence-electron chi connectivity index (χ1n) is 6.07. The van der Waals surface area contributed by atoms with Crippen LogP contribution in [0.2, 0.25) is 0 Å². The molecule has 17 heavy (non-hydrogen) atoms. The number of aliphatic hydroxyl groups excluding tert-OH is 2. The third kappa shape index (κ3) is 3.42. The van der Waals surface area contributed by atoms with Crippen molar-refractivity contribution in [3.63, 3.8) is 0 Å². The number of thiophene rings is 1. The first-order valence-corrected chi connectivity index (χ1v) is 6.89. The van der Waals surface area contributed by atoms with E-state index in [4.69, 9.17) is 10.8 Å². The highest BCUT2D eigenvalue weighted by atomic mass is 32.1. The van der Waals surface area contributed by atoms with E-state index in [-0.39, 0.29) is 18.8 Å². The van der Waals surface area contributed by atoms with Crippen LogP contribution in [0.1, 0.15) is 17.7 Å². The maximum Gasteiger partial charge on any atom is 0.0911 e. The molecule has 0 bridgehead atoms. The fraction of sp³-hybridized carbons (Fsp3) is 0.667. The van der Waals surface area contributed by atoms with Gasteiger partial charge < -0.3 is 20.8 Å². The van der Waals surface area contributed by atoms with Crippen molar-refractivity contribution in [3.8, 4) is 0 Å². The number of nitrogens with two attached hydrogens (primary N) is 1. The van der Waals surface area contributed by atoms with E-state index in [1.54, 1.807) is 11.3 Å². The molecule has 1 fully saturated rings. The van der Waals surface area contributed by atoms with Crippen molar-refractivity contribution in [2.24, 2.45) is 5.73 Å². The van der Waals surface area contributed by atoms with Gasteiger partial charge in [0.15, 0.2) is 0 Å². The van der Waals surface area contributed by atoms with Crippen molar-refractivity contribution in [2.75, 3.05) is 24.6 Å². The summed E-state index contributed by atoms with van der Waals surface area (Å²) < 4.78 is 0. The van der Waals surface area contributed by atoms with E-state index in [0.29, 0.717) is 0 Å².